The Morgan fingerprint density at radius 2 is 1.88 bits per heavy atom. The highest BCUT2D eigenvalue weighted by molar-refractivity contribution is 7.80. The van der Waals surface area contributed by atoms with Crippen molar-refractivity contribution in [3.05, 3.63) is 42.0 Å². The van der Waals surface area contributed by atoms with E-state index in [0.29, 0.717) is 5.75 Å². The summed E-state index contributed by atoms with van der Waals surface area (Å²) in [6, 6.07) is 7.27. The summed E-state index contributed by atoms with van der Waals surface area (Å²) in [6.45, 7) is 3.49. The first-order valence-corrected chi connectivity index (χ1v) is 7.76. The number of hydrogen-bond acceptors (Lipinski definition) is 6. The van der Waals surface area contributed by atoms with Crippen molar-refractivity contribution in [2.45, 2.75) is 13.8 Å². The molecule has 9 heteroatoms. The van der Waals surface area contributed by atoms with E-state index in [4.69, 9.17) is 17.0 Å². The fourth-order valence-electron chi connectivity index (χ4n) is 1.54. The zero-order valence-corrected chi connectivity index (χ0v) is 14.6. The molecule has 0 radical (unpaired) electrons. The van der Waals surface area contributed by atoms with Crippen LogP contribution in [-0.2, 0) is 19.1 Å². The Hall–Kier alpha value is -2.94. The van der Waals surface area contributed by atoms with Crippen LogP contribution in [0.3, 0.4) is 0 Å². The van der Waals surface area contributed by atoms with Gasteiger partial charge in [0.05, 0.1) is 6.61 Å². The Morgan fingerprint density at radius 1 is 1.16 bits per heavy atom. The molecule has 134 valence electrons. The van der Waals surface area contributed by atoms with Crippen molar-refractivity contribution >= 4 is 35.1 Å². The van der Waals surface area contributed by atoms with Gasteiger partial charge >= 0.3 is 5.97 Å². The fourth-order valence-corrected chi connectivity index (χ4v) is 1.69. The third-order valence-corrected chi connectivity index (χ3v) is 2.87. The molecule has 0 spiro atoms. The van der Waals surface area contributed by atoms with Gasteiger partial charge in [-0.2, -0.15) is 0 Å². The topological polar surface area (TPSA) is 106 Å². The number of thiocarbonyl (C=S) groups is 1. The summed E-state index contributed by atoms with van der Waals surface area (Å²) in [5.74, 6) is -1.17. The third-order valence-electron chi connectivity index (χ3n) is 2.66. The number of rotatable bonds is 6. The van der Waals surface area contributed by atoms with E-state index >= 15 is 0 Å². The Kier molecular flexibility index (Phi) is 8.66. The molecular formula is C16H19N3O5S. The van der Waals surface area contributed by atoms with Crippen LogP contribution in [-0.4, -0.2) is 36.1 Å². The maximum Gasteiger partial charge on any atom is 0.330 e. The molecule has 25 heavy (non-hydrogen) atoms. The minimum atomic E-state index is -0.643. The molecule has 0 saturated heterocycles. The van der Waals surface area contributed by atoms with Crippen LogP contribution in [0.25, 0.3) is 0 Å². The number of hydrogen-bond donors (Lipinski definition) is 3. The maximum absolute atomic E-state index is 11.7. The molecule has 1 aromatic carbocycles. The summed E-state index contributed by atoms with van der Waals surface area (Å²) >= 11 is 4.83. The van der Waals surface area contributed by atoms with E-state index in [1.54, 1.807) is 19.1 Å². The molecule has 0 atom stereocenters. The van der Waals surface area contributed by atoms with E-state index < -0.39 is 17.8 Å². The van der Waals surface area contributed by atoms with Gasteiger partial charge in [0, 0.05) is 12.2 Å². The highest BCUT2D eigenvalue weighted by atomic mass is 32.1. The second-order valence-electron chi connectivity index (χ2n) is 4.63. The minimum absolute atomic E-state index is 0.136. The number of aryl methyl sites for hydroxylation is 1. The lowest BCUT2D eigenvalue weighted by molar-refractivity contribution is -0.137. The summed E-state index contributed by atoms with van der Waals surface area (Å²) in [4.78, 5) is 34.2. The van der Waals surface area contributed by atoms with E-state index in [-0.39, 0.29) is 18.3 Å². The molecular weight excluding hydrogens is 346 g/mol. The first kappa shape index (κ1) is 20.1. The summed E-state index contributed by atoms with van der Waals surface area (Å²) in [7, 11) is 0. The van der Waals surface area contributed by atoms with Crippen molar-refractivity contribution in [1.82, 2.24) is 16.2 Å². The first-order chi connectivity index (χ1) is 11.9. The Bertz CT molecular complexity index is 675. The van der Waals surface area contributed by atoms with E-state index in [1.165, 1.54) is 0 Å². The Morgan fingerprint density at radius 3 is 2.56 bits per heavy atom. The molecule has 0 fully saturated rings. The van der Waals surface area contributed by atoms with Gasteiger partial charge in [0.25, 0.3) is 5.91 Å². The summed E-state index contributed by atoms with van der Waals surface area (Å²) < 4.78 is 9.98. The van der Waals surface area contributed by atoms with Crippen LogP contribution in [0, 0.1) is 6.92 Å². The molecule has 0 saturated carbocycles. The van der Waals surface area contributed by atoms with Crippen molar-refractivity contribution in [2.75, 3.05) is 13.2 Å². The average molecular weight is 365 g/mol. The van der Waals surface area contributed by atoms with Gasteiger partial charge in [0.1, 0.15) is 5.75 Å². The predicted molar refractivity (Wildman–Crippen MR) is 94.5 cm³/mol. The van der Waals surface area contributed by atoms with Gasteiger partial charge < -0.3 is 9.47 Å². The molecule has 0 aromatic heterocycles. The number of amides is 2. The monoisotopic (exact) mass is 365 g/mol. The van der Waals surface area contributed by atoms with Crippen LogP contribution in [0.5, 0.6) is 5.75 Å². The molecule has 3 N–H and O–H groups in total. The van der Waals surface area contributed by atoms with Crippen LogP contribution in [0.15, 0.2) is 36.4 Å². The average Bonchev–Trinajstić information content (AvgIpc) is 2.58. The standard InChI is InChI=1S/C16H19N3O5S/c1-3-23-15(22)9-8-13(20)17-16(25)19-18-14(21)10-24-12-7-5-4-6-11(12)2/h4-9H,3,10H2,1-2H3,(H,18,21)(H2,17,19,20,25). The minimum Gasteiger partial charge on any atom is -0.483 e. The Labute approximate surface area is 150 Å². The number of carbonyl (C=O) groups excluding carboxylic acids is 3. The largest absolute Gasteiger partial charge is 0.483 e. The molecule has 0 aliphatic heterocycles. The van der Waals surface area contributed by atoms with Gasteiger partial charge in [-0.3, -0.25) is 25.8 Å². The van der Waals surface area contributed by atoms with Crippen LogP contribution >= 0.6 is 12.2 Å². The number of nitrogens with one attached hydrogen (secondary N) is 3. The lowest BCUT2D eigenvalue weighted by Crippen LogP contribution is -2.49. The number of para-hydroxylation sites is 1. The SMILES string of the molecule is CCOC(=O)C=CC(=O)NC(=S)NNC(=O)COc1ccccc1C. The normalized spacial score (nSPS) is 10.0. The molecule has 2 amide bonds. The van der Waals surface area contributed by atoms with Gasteiger partial charge in [0.15, 0.2) is 11.7 Å². The molecule has 1 aromatic rings. The second kappa shape index (κ2) is 10.8. The van der Waals surface area contributed by atoms with Gasteiger partial charge in [-0.15, -0.1) is 0 Å². The first-order valence-electron chi connectivity index (χ1n) is 7.35. The third kappa shape index (κ3) is 8.47. The van der Waals surface area contributed by atoms with Gasteiger partial charge in [0.2, 0.25) is 5.91 Å². The lowest BCUT2D eigenvalue weighted by Gasteiger charge is -2.11. The van der Waals surface area contributed by atoms with Crippen molar-refractivity contribution < 1.29 is 23.9 Å². The zero-order valence-electron chi connectivity index (χ0n) is 13.8. The highest BCUT2D eigenvalue weighted by Crippen LogP contribution is 2.15. The summed E-state index contributed by atoms with van der Waals surface area (Å²) in [5, 5.41) is 2.11. The molecule has 1 rings (SSSR count). The quantitative estimate of drug-likeness (QED) is 0.292. The van der Waals surface area contributed by atoms with E-state index in [0.717, 1.165) is 17.7 Å². The van der Waals surface area contributed by atoms with Gasteiger partial charge in [-0.1, -0.05) is 18.2 Å². The fraction of sp³-hybridized carbons (Fsp3) is 0.250. The molecule has 0 heterocycles. The van der Waals surface area contributed by atoms with Gasteiger partial charge in [-0.25, -0.2) is 4.79 Å². The van der Waals surface area contributed by atoms with Crippen LogP contribution in [0.1, 0.15) is 12.5 Å². The van der Waals surface area contributed by atoms with Crippen molar-refractivity contribution in [2.24, 2.45) is 0 Å². The molecule has 0 aliphatic rings. The van der Waals surface area contributed by atoms with Crippen LogP contribution in [0.4, 0.5) is 0 Å². The molecule has 0 aliphatic carbocycles. The number of esters is 1. The van der Waals surface area contributed by atoms with Gasteiger partial charge in [-0.05, 0) is 37.7 Å². The van der Waals surface area contributed by atoms with Crippen molar-refractivity contribution in [3.8, 4) is 5.75 Å². The maximum atomic E-state index is 11.7. The summed E-state index contributed by atoms with van der Waals surface area (Å²) in [6.07, 6.45) is 1.94. The van der Waals surface area contributed by atoms with Crippen LogP contribution in [0.2, 0.25) is 0 Å². The molecule has 0 unspecified atom stereocenters. The van der Waals surface area contributed by atoms with E-state index in [9.17, 15) is 14.4 Å². The Balaban J connectivity index is 2.29. The highest BCUT2D eigenvalue weighted by Gasteiger charge is 2.06. The number of carbonyl (C=O) groups is 3. The lowest BCUT2D eigenvalue weighted by atomic mass is 10.2. The predicted octanol–water partition coefficient (Wildman–Crippen LogP) is 0.515. The van der Waals surface area contributed by atoms with Crippen molar-refractivity contribution in [3.63, 3.8) is 0 Å². The smallest absolute Gasteiger partial charge is 0.330 e. The second-order valence-corrected chi connectivity index (χ2v) is 5.04. The van der Waals surface area contributed by atoms with Crippen molar-refractivity contribution in [1.29, 1.82) is 0 Å². The van der Waals surface area contributed by atoms with Crippen LogP contribution < -0.4 is 20.9 Å². The number of hydrazine groups is 1. The number of ether oxygens (including phenoxy) is 2. The van der Waals surface area contributed by atoms with E-state index in [2.05, 4.69) is 20.9 Å². The number of benzene rings is 1. The molecule has 8 nitrogen and oxygen atoms in total. The summed E-state index contributed by atoms with van der Waals surface area (Å²) in [5.41, 5.74) is 5.53. The van der Waals surface area contributed by atoms with E-state index in [1.807, 2.05) is 19.1 Å². The molecule has 0 bridgehead atoms. The zero-order chi connectivity index (χ0) is 18.7.